The van der Waals surface area contributed by atoms with Crippen molar-refractivity contribution in [3.05, 3.63) is 35.7 Å². The first kappa shape index (κ1) is 11.9. The zero-order valence-corrected chi connectivity index (χ0v) is 10.6. The summed E-state index contributed by atoms with van der Waals surface area (Å²) in [6.45, 7) is 5.90. The molecule has 0 aliphatic heterocycles. The molecule has 0 bridgehead atoms. The van der Waals surface area contributed by atoms with E-state index in [1.165, 1.54) is 11.3 Å². The minimum atomic E-state index is 0.455. The second-order valence-electron chi connectivity index (χ2n) is 4.51. The van der Waals surface area contributed by atoms with Gasteiger partial charge in [-0.15, -0.1) is 0 Å². The summed E-state index contributed by atoms with van der Waals surface area (Å²) >= 11 is 0. The van der Waals surface area contributed by atoms with Crippen LogP contribution in [0, 0.1) is 0 Å². The van der Waals surface area contributed by atoms with Crippen molar-refractivity contribution in [2.24, 2.45) is 7.05 Å². The van der Waals surface area contributed by atoms with Gasteiger partial charge in [0.15, 0.2) is 0 Å². The second-order valence-corrected chi connectivity index (χ2v) is 4.51. The zero-order valence-electron chi connectivity index (χ0n) is 10.6. The van der Waals surface area contributed by atoms with Gasteiger partial charge in [0.2, 0.25) is 0 Å². The maximum atomic E-state index is 4.48. The summed E-state index contributed by atoms with van der Waals surface area (Å²) in [5, 5.41) is 7.84. The molecule has 0 spiro atoms. The Hall–Kier alpha value is -1.62. The molecule has 0 radical (unpaired) electrons. The highest BCUT2D eigenvalue weighted by molar-refractivity contribution is 5.19. The normalized spacial score (nSPS) is 11.3. The van der Waals surface area contributed by atoms with Gasteiger partial charge in [0, 0.05) is 37.7 Å². The van der Waals surface area contributed by atoms with Crippen LogP contribution >= 0.6 is 0 Å². The number of aromatic nitrogens is 4. The van der Waals surface area contributed by atoms with Crippen LogP contribution in [0.3, 0.4) is 0 Å². The first-order valence-corrected chi connectivity index (χ1v) is 5.88. The molecule has 2 aromatic heterocycles. The van der Waals surface area contributed by atoms with Gasteiger partial charge in [0.1, 0.15) is 5.82 Å². The number of nitrogens with zero attached hydrogens (tertiary/aromatic N) is 3. The van der Waals surface area contributed by atoms with Crippen LogP contribution in [0.2, 0.25) is 0 Å². The Labute approximate surface area is 101 Å². The lowest BCUT2D eigenvalue weighted by Gasteiger charge is -2.05. The van der Waals surface area contributed by atoms with Crippen LogP contribution in [0.5, 0.6) is 0 Å². The van der Waals surface area contributed by atoms with E-state index < -0.39 is 0 Å². The highest BCUT2D eigenvalue weighted by atomic mass is 15.3. The SMILES string of the molecule is CC(C)c1nn(C)cc1CNCc1ncc[nH]1. The lowest BCUT2D eigenvalue weighted by molar-refractivity contribution is 0.658. The molecule has 5 nitrogen and oxygen atoms in total. The van der Waals surface area contributed by atoms with E-state index in [2.05, 4.69) is 40.4 Å². The molecule has 5 heteroatoms. The van der Waals surface area contributed by atoms with Crippen LogP contribution in [0.25, 0.3) is 0 Å². The highest BCUT2D eigenvalue weighted by Crippen LogP contribution is 2.16. The van der Waals surface area contributed by atoms with Crippen molar-refractivity contribution < 1.29 is 0 Å². The molecule has 0 saturated carbocycles. The Bertz CT molecular complexity index is 455. The number of hydrogen-bond acceptors (Lipinski definition) is 3. The molecule has 0 aliphatic carbocycles. The summed E-state index contributed by atoms with van der Waals surface area (Å²) in [5.41, 5.74) is 2.42. The van der Waals surface area contributed by atoms with Crippen LogP contribution in [-0.2, 0) is 20.1 Å². The van der Waals surface area contributed by atoms with E-state index in [0.717, 1.165) is 18.9 Å². The minimum absolute atomic E-state index is 0.455. The average Bonchev–Trinajstić information content (AvgIpc) is 2.88. The Kier molecular flexibility index (Phi) is 3.58. The Balaban J connectivity index is 1.94. The van der Waals surface area contributed by atoms with Crippen molar-refractivity contribution in [3.8, 4) is 0 Å². The molecule has 2 rings (SSSR count). The van der Waals surface area contributed by atoms with E-state index in [9.17, 15) is 0 Å². The van der Waals surface area contributed by atoms with Crippen molar-refractivity contribution in [1.29, 1.82) is 0 Å². The zero-order chi connectivity index (χ0) is 12.3. The topological polar surface area (TPSA) is 58.5 Å². The van der Waals surface area contributed by atoms with Crippen molar-refractivity contribution in [1.82, 2.24) is 25.1 Å². The lowest BCUT2D eigenvalue weighted by atomic mass is 10.1. The maximum Gasteiger partial charge on any atom is 0.120 e. The number of aryl methyl sites for hydroxylation is 1. The van der Waals surface area contributed by atoms with Crippen molar-refractivity contribution in [2.75, 3.05) is 0 Å². The third kappa shape index (κ3) is 2.94. The summed E-state index contributed by atoms with van der Waals surface area (Å²) in [7, 11) is 1.96. The first-order valence-electron chi connectivity index (χ1n) is 5.88. The molecule has 2 N–H and O–H groups in total. The fraction of sp³-hybridized carbons (Fsp3) is 0.500. The molecule has 2 heterocycles. The number of H-pyrrole nitrogens is 1. The van der Waals surface area contributed by atoms with Gasteiger partial charge >= 0.3 is 0 Å². The van der Waals surface area contributed by atoms with E-state index in [1.54, 1.807) is 6.20 Å². The van der Waals surface area contributed by atoms with Crippen LogP contribution in [0.4, 0.5) is 0 Å². The monoisotopic (exact) mass is 233 g/mol. The maximum absolute atomic E-state index is 4.48. The quantitative estimate of drug-likeness (QED) is 0.824. The van der Waals surface area contributed by atoms with Crippen LogP contribution in [0.15, 0.2) is 18.6 Å². The molecule has 0 unspecified atom stereocenters. The third-order valence-electron chi connectivity index (χ3n) is 2.65. The predicted molar refractivity (Wildman–Crippen MR) is 66.4 cm³/mol. The largest absolute Gasteiger partial charge is 0.348 e. The van der Waals surface area contributed by atoms with E-state index in [4.69, 9.17) is 0 Å². The van der Waals surface area contributed by atoms with Gasteiger partial charge in [0.25, 0.3) is 0 Å². The number of hydrogen-bond donors (Lipinski definition) is 2. The molecule has 2 aromatic rings. The first-order chi connectivity index (χ1) is 8.16. The molecule has 0 fully saturated rings. The third-order valence-corrected chi connectivity index (χ3v) is 2.65. The molecule has 0 aliphatic rings. The van der Waals surface area contributed by atoms with Gasteiger partial charge in [0.05, 0.1) is 12.2 Å². The number of rotatable bonds is 5. The van der Waals surface area contributed by atoms with Gasteiger partial charge in [-0.1, -0.05) is 13.8 Å². The summed E-state index contributed by atoms with van der Waals surface area (Å²) in [5.74, 6) is 1.41. The van der Waals surface area contributed by atoms with Gasteiger partial charge in [-0.2, -0.15) is 5.10 Å². The highest BCUT2D eigenvalue weighted by Gasteiger charge is 2.10. The van der Waals surface area contributed by atoms with E-state index >= 15 is 0 Å². The van der Waals surface area contributed by atoms with Gasteiger partial charge < -0.3 is 10.3 Å². The summed E-state index contributed by atoms with van der Waals surface area (Å²) < 4.78 is 1.87. The Morgan fingerprint density at radius 2 is 2.24 bits per heavy atom. The second kappa shape index (κ2) is 5.14. The fourth-order valence-electron chi connectivity index (χ4n) is 1.89. The Morgan fingerprint density at radius 1 is 1.41 bits per heavy atom. The van der Waals surface area contributed by atoms with E-state index in [1.807, 2.05) is 17.9 Å². The molecule has 17 heavy (non-hydrogen) atoms. The molecule has 0 amide bonds. The standard InChI is InChI=1S/C12H19N5/c1-9(2)12-10(8-17(3)16-12)6-13-7-11-14-4-5-15-11/h4-5,8-9,13H,6-7H2,1-3H3,(H,14,15). The van der Waals surface area contributed by atoms with E-state index in [0.29, 0.717) is 5.92 Å². The van der Waals surface area contributed by atoms with Crippen molar-refractivity contribution in [2.45, 2.75) is 32.9 Å². The Morgan fingerprint density at radius 3 is 2.88 bits per heavy atom. The number of aromatic amines is 1. The van der Waals surface area contributed by atoms with Crippen LogP contribution in [-0.4, -0.2) is 19.7 Å². The van der Waals surface area contributed by atoms with Crippen molar-refractivity contribution in [3.63, 3.8) is 0 Å². The molecule has 92 valence electrons. The average molecular weight is 233 g/mol. The summed E-state index contributed by atoms with van der Waals surface area (Å²) in [6, 6.07) is 0. The van der Waals surface area contributed by atoms with Crippen LogP contribution < -0.4 is 5.32 Å². The molecular weight excluding hydrogens is 214 g/mol. The van der Waals surface area contributed by atoms with Crippen molar-refractivity contribution >= 4 is 0 Å². The van der Waals surface area contributed by atoms with Gasteiger partial charge in [-0.25, -0.2) is 4.98 Å². The summed E-state index contributed by atoms with van der Waals surface area (Å²) in [4.78, 5) is 7.24. The van der Waals surface area contributed by atoms with Crippen LogP contribution in [0.1, 0.15) is 36.8 Å². The summed E-state index contributed by atoms with van der Waals surface area (Å²) in [6.07, 6.45) is 5.67. The predicted octanol–water partition coefficient (Wildman–Crippen LogP) is 1.56. The smallest absolute Gasteiger partial charge is 0.120 e. The molecule has 0 saturated heterocycles. The lowest BCUT2D eigenvalue weighted by Crippen LogP contribution is -2.14. The minimum Gasteiger partial charge on any atom is -0.348 e. The number of imidazole rings is 1. The molecule has 0 aromatic carbocycles. The number of nitrogens with one attached hydrogen (secondary N) is 2. The molecular formula is C12H19N5. The van der Waals surface area contributed by atoms with Gasteiger partial charge in [-0.3, -0.25) is 4.68 Å². The molecule has 0 atom stereocenters. The van der Waals surface area contributed by atoms with E-state index in [-0.39, 0.29) is 0 Å². The van der Waals surface area contributed by atoms with Gasteiger partial charge in [-0.05, 0) is 5.92 Å². The fourth-order valence-corrected chi connectivity index (χ4v) is 1.89.